The summed E-state index contributed by atoms with van der Waals surface area (Å²) in [6.45, 7) is 4.66. The van der Waals surface area contributed by atoms with Crippen molar-refractivity contribution in [2.24, 2.45) is 11.8 Å². The summed E-state index contributed by atoms with van der Waals surface area (Å²) in [5.74, 6) is 2.06. The first-order valence-corrected chi connectivity index (χ1v) is 9.60. The van der Waals surface area contributed by atoms with Crippen LogP contribution in [0.25, 0.3) is 0 Å². The summed E-state index contributed by atoms with van der Waals surface area (Å²) in [5, 5.41) is 3.44. The van der Waals surface area contributed by atoms with Gasteiger partial charge in [-0.05, 0) is 50.5 Å². The summed E-state index contributed by atoms with van der Waals surface area (Å²) in [7, 11) is 0. The predicted octanol–water partition coefficient (Wildman–Crippen LogP) is 2.47. The van der Waals surface area contributed by atoms with Crippen molar-refractivity contribution in [3.63, 3.8) is 0 Å². The van der Waals surface area contributed by atoms with Gasteiger partial charge in [0.15, 0.2) is 0 Å². The molecule has 1 spiro atoms. The molecule has 1 aromatic rings. The van der Waals surface area contributed by atoms with Crippen LogP contribution in [0.2, 0.25) is 0 Å². The summed E-state index contributed by atoms with van der Waals surface area (Å²) in [6.07, 6.45) is 9.48. The van der Waals surface area contributed by atoms with Crippen molar-refractivity contribution in [1.29, 1.82) is 0 Å². The Labute approximate surface area is 149 Å². The maximum Gasteiger partial charge on any atom is 0.225 e. The highest BCUT2D eigenvalue weighted by atomic mass is 16.5. The smallest absolute Gasteiger partial charge is 0.225 e. The Bertz CT molecular complexity index is 595. The van der Waals surface area contributed by atoms with Crippen LogP contribution in [0.3, 0.4) is 0 Å². The first-order valence-electron chi connectivity index (χ1n) is 9.60. The van der Waals surface area contributed by atoms with Gasteiger partial charge in [0.05, 0.1) is 5.60 Å². The van der Waals surface area contributed by atoms with E-state index in [1.54, 1.807) is 12.4 Å². The molecule has 1 N–H and O–H groups in total. The molecule has 1 aromatic heterocycles. The second-order valence-electron chi connectivity index (χ2n) is 8.04. The molecule has 136 valence electrons. The fourth-order valence-electron chi connectivity index (χ4n) is 4.55. The van der Waals surface area contributed by atoms with Gasteiger partial charge in [0.1, 0.15) is 0 Å². The maximum absolute atomic E-state index is 12.6. The third kappa shape index (κ3) is 3.64. The number of likely N-dealkylation sites (tertiary alicyclic amines) is 1. The standard InChI is InChI=1S/C19H28N4O2/c1-14-11-15(12-14)17(24)23-8-4-19(5-9-23)13-16(3-10-25-19)22-18-20-6-2-7-21-18/h2,6-7,14-16H,3-5,8-13H2,1H3,(H,20,21,22). The molecule has 1 atom stereocenters. The number of ether oxygens (including phenoxy) is 1. The normalized spacial score (nSPS) is 31.4. The van der Waals surface area contributed by atoms with Gasteiger partial charge in [-0.1, -0.05) is 6.92 Å². The molecule has 3 heterocycles. The van der Waals surface area contributed by atoms with Crippen LogP contribution < -0.4 is 5.32 Å². The van der Waals surface area contributed by atoms with Gasteiger partial charge in [0.2, 0.25) is 11.9 Å². The monoisotopic (exact) mass is 344 g/mol. The van der Waals surface area contributed by atoms with E-state index < -0.39 is 0 Å². The van der Waals surface area contributed by atoms with Gasteiger partial charge >= 0.3 is 0 Å². The average molecular weight is 344 g/mol. The minimum Gasteiger partial charge on any atom is -0.375 e. The molecule has 1 aliphatic carbocycles. The van der Waals surface area contributed by atoms with Crippen molar-refractivity contribution in [3.05, 3.63) is 18.5 Å². The Morgan fingerprint density at radius 2 is 2.00 bits per heavy atom. The van der Waals surface area contributed by atoms with Gasteiger partial charge in [0.25, 0.3) is 0 Å². The lowest BCUT2D eigenvalue weighted by Gasteiger charge is -2.47. The lowest BCUT2D eigenvalue weighted by molar-refractivity contribution is -0.150. The van der Waals surface area contributed by atoms with Crippen LogP contribution in [0.1, 0.15) is 45.4 Å². The summed E-state index contributed by atoms with van der Waals surface area (Å²) in [4.78, 5) is 23.2. The lowest BCUT2D eigenvalue weighted by Crippen LogP contribution is -2.54. The van der Waals surface area contributed by atoms with Crippen molar-refractivity contribution in [2.75, 3.05) is 25.0 Å². The highest BCUT2D eigenvalue weighted by Crippen LogP contribution is 2.38. The molecule has 0 bridgehead atoms. The summed E-state index contributed by atoms with van der Waals surface area (Å²) >= 11 is 0. The molecule has 3 aliphatic rings. The Kier molecular flexibility index (Phi) is 4.63. The van der Waals surface area contributed by atoms with E-state index in [0.29, 0.717) is 17.9 Å². The van der Waals surface area contributed by atoms with Crippen LogP contribution in [0.5, 0.6) is 0 Å². The minimum absolute atomic E-state index is 0.0889. The minimum atomic E-state index is -0.0889. The van der Waals surface area contributed by atoms with Crippen molar-refractivity contribution in [2.45, 2.75) is 57.1 Å². The van der Waals surface area contributed by atoms with E-state index in [-0.39, 0.29) is 11.5 Å². The highest BCUT2D eigenvalue weighted by Gasteiger charge is 2.43. The lowest BCUT2D eigenvalue weighted by atomic mass is 9.74. The fraction of sp³-hybridized carbons (Fsp3) is 0.737. The number of anilines is 1. The van der Waals surface area contributed by atoms with Gasteiger partial charge in [-0.3, -0.25) is 4.79 Å². The number of piperidine rings is 1. The van der Waals surface area contributed by atoms with E-state index >= 15 is 0 Å². The zero-order valence-electron chi connectivity index (χ0n) is 15.0. The van der Waals surface area contributed by atoms with Crippen LogP contribution in [-0.2, 0) is 9.53 Å². The van der Waals surface area contributed by atoms with Crippen LogP contribution >= 0.6 is 0 Å². The van der Waals surface area contributed by atoms with E-state index in [9.17, 15) is 4.79 Å². The summed E-state index contributed by atoms with van der Waals surface area (Å²) < 4.78 is 6.20. The average Bonchev–Trinajstić information content (AvgIpc) is 2.60. The zero-order chi connectivity index (χ0) is 17.3. The van der Waals surface area contributed by atoms with Crippen molar-refractivity contribution < 1.29 is 9.53 Å². The number of carbonyl (C=O) groups is 1. The maximum atomic E-state index is 12.6. The first-order chi connectivity index (χ1) is 12.1. The van der Waals surface area contributed by atoms with Crippen molar-refractivity contribution in [1.82, 2.24) is 14.9 Å². The molecule has 2 aliphatic heterocycles. The van der Waals surface area contributed by atoms with E-state index in [0.717, 1.165) is 64.1 Å². The van der Waals surface area contributed by atoms with Crippen molar-refractivity contribution >= 4 is 11.9 Å². The first kappa shape index (κ1) is 16.8. The van der Waals surface area contributed by atoms with Gasteiger partial charge < -0.3 is 15.0 Å². The molecule has 1 unspecified atom stereocenters. The highest BCUT2D eigenvalue weighted by molar-refractivity contribution is 5.79. The molecule has 2 saturated heterocycles. The molecular weight excluding hydrogens is 316 g/mol. The number of amides is 1. The zero-order valence-corrected chi connectivity index (χ0v) is 15.0. The molecule has 1 saturated carbocycles. The van der Waals surface area contributed by atoms with Gasteiger partial charge in [-0.2, -0.15) is 0 Å². The van der Waals surface area contributed by atoms with E-state index in [2.05, 4.69) is 27.1 Å². The number of hydrogen-bond donors (Lipinski definition) is 1. The number of rotatable bonds is 3. The fourth-order valence-corrected chi connectivity index (χ4v) is 4.55. The number of nitrogens with zero attached hydrogens (tertiary/aromatic N) is 3. The van der Waals surface area contributed by atoms with E-state index in [1.807, 2.05) is 6.07 Å². The Hall–Kier alpha value is -1.69. The number of nitrogens with one attached hydrogen (secondary N) is 1. The van der Waals surface area contributed by atoms with E-state index in [4.69, 9.17) is 4.74 Å². The topological polar surface area (TPSA) is 67.4 Å². The Balaban J connectivity index is 1.31. The van der Waals surface area contributed by atoms with Gasteiger partial charge in [0, 0.05) is 44.0 Å². The number of hydrogen-bond acceptors (Lipinski definition) is 5. The third-order valence-electron chi connectivity index (χ3n) is 6.10. The third-order valence-corrected chi connectivity index (χ3v) is 6.10. The SMILES string of the molecule is CC1CC(C(=O)N2CCC3(CC2)CC(Nc2ncccn2)CCO3)C1. The van der Waals surface area contributed by atoms with Crippen LogP contribution in [-0.4, -0.2) is 52.1 Å². The number of carbonyl (C=O) groups excluding carboxylic acids is 1. The molecule has 6 heteroatoms. The van der Waals surface area contributed by atoms with E-state index in [1.165, 1.54) is 0 Å². The van der Waals surface area contributed by atoms with Crippen molar-refractivity contribution in [3.8, 4) is 0 Å². The molecule has 3 fully saturated rings. The van der Waals surface area contributed by atoms with Crippen LogP contribution in [0.4, 0.5) is 5.95 Å². The molecule has 0 radical (unpaired) electrons. The van der Waals surface area contributed by atoms with Gasteiger partial charge in [-0.25, -0.2) is 9.97 Å². The summed E-state index contributed by atoms with van der Waals surface area (Å²) in [5.41, 5.74) is -0.0889. The molecule has 0 aromatic carbocycles. The predicted molar refractivity (Wildman–Crippen MR) is 95.1 cm³/mol. The molecule has 6 nitrogen and oxygen atoms in total. The van der Waals surface area contributed by atoms with Crippen LogP contribution in [0, 0.1) is 11.8 Å². The quantitative estimate of drug-likeness (QED) is 0.912. The second-order valence-corrected chi connectivity index (χ2v) is 8.04. The molecule has 25 heavy (non-hydrogen) atoms. The Morgan fingerprint density at radius 1 is 1.28 bits per heavy atom. The second kappa shape index (κ2) is 6.90. The summed E-state index contributed by atoms with van der Waals surface area (Å²) in [6, 6.07) is 2.16. The molecule has 4 rings (SSSR count). The van der Waals surface area contributed by atoms with Crippen LogP contribution in [0.15, 0.2) is 18.5 Å². The molecular formula is C19H28N4O2. The number of aromatic nitrogens is 2. The largest absolute Gasteiger partial charge is 0.375 e. The Morgan fingerprint density at radius 3 is 2.68 bits per heavy atom. The van der Waals surface area contributed by atoms with Gasteiger partial charge in [-0.15, -0.1) is 0 Å². The molecule has 1 amide bonds.